The quantitative estimate of drug-likeness (QED) is 0.869. The van der Waals surface area contributed by atoms with Crippen molar-refractivity contribution in [2.75, 3.05) is 5.75 Å². The Balaban J connectivity index is 1.93. The third kappa shape index (κ3) is 3.40. The minimum atomic E-state index is -0.288. The van der Waals surface area contributed by atoms with Gasteiger partial charge in [0.05, 0.1) is 5.02 Å². The van der Waals surface area contributed by atoms with Gasteiger partial charge in [-0.15, -0.1) is 0 Å². The van der Waals surface area contributed by atoms with E-state index in [2.05, 4.69) is 12.2 Å². The summed E-state index contributed by atoms with van der Waals surface area (Å²) in [5, 5.41) is 4.37. The molecule has 0 spiro atoms. The highest BCUT2D eigenvalue weighted by atomic mass is 35.5. The lowest BCUT2D eigenvalue weighted by Crippen LogP contribution is -2.33. The van der Waals surface area contributed by atoms with E-state index in [1.54, 1.807) is 18.2 Å². The SMILES string of the molecule is CCSC1CCCC1NCc1cccc(Cl)c1F. The summed E-state index contributed by atoms with van der Waals surface area (Å²) in [4.78, 5) is 0. The molecule has 1 saturated carbocycles. The van der Waals surface area contributed by atoms with Crippen molar-refractivity contribution in [1.29, 1.82) is 0 Å². The Labute approximate surface area is 117 Å². The highest BCUT2D eigenvalue weighted by Crippen LogP contribution is 2.30. The van der Waals surface area contributed by atoms with Crippen molar-refractivity contribution in [3.8, 4) is 0 Å². The number of hydrogen-bond donors (Lipinski definition) is 1. The van der Waals surface area contributed by atoms with Crippen molar-refractivity contribution in [1.82, 2.24) is 5.32 Å². The molecule has 0 saturated heterocycles. The zero-order valence-corrected chi connectivity index (χ0v) is 12.2. The van der Waals surface area contributed by atoms with Gasteiger partial charge in [-0.25, -0.2) is 4.39 Å². The summed E-state index contributed by atoms with van der Waals surface area (Å²) in [6.45, 7) is 2.76. The third-order valence-corrected chi connectivity index (χ3v) is 5.04. The Morgan fingerprint density at radius 1 is 1.44 bits per heavy atom. The van der Waals surface area contributed by atoms with Crippen LogP contribution in [0.2, 0.25) is 5.02 Å². The molecule has 2 unspecified atom stereocenters. The number of thioether (sulfide) groups is 1. The van der Waals surface area contributed by atoms with E-state index in [9.17, 15) is 4.39 Å². The average Bonchev–Trinajstić information content (AvgIpc) is 2.79. The molecule has 100 valence electrons. The summed E-state index contributed by atoms with van der Waals surface area (Å²) in [6, 6.07) is 5.69. The van der Waals surface area contributed by atoms with Crippen molar-refractivity contribution in [3.05, 3.63) is 34.6 Å². The second-order valence-corrected chi connectivity index (χ2v) is 6.55. The van der Waals surface area contributed by atoms with Gasteiger partial charge in [-0.05, 0) is 24.7 Å². The van der Waals surface area contributed by atoms with Crippen molar-refractivity contribution in [2.24, 2.45) is 0 Å². The smallest absolute Gasteiger partial charge is 0.146 e. The van der Waals surface area contributed by atoms with Crippen molar-refractivity contribution in [3.63, 3.8) is 0 Å². The van der Waals surface area contributed by atoms with E-state index in [0.717, 1.165) is 5.75 Å². The summed E-state index contributed by atoms with van der Waals surface area (Å²) in [6.07, 6.45) is 3.74. The molecule has 0 amide bonds. The van der Waals surface area contributed by atoms with Gasteiger partial charge in [0.25, 0.3) is 0 Å². The Morgan fingerprint density at radius 3 is 3.06 bits per heavy atom. The summed E-state index contributed by atoms with van der Waals surface area (Å²) < 4.78 is 13.7. The molecule has 1 aliphatic carbocycles. The van der Waals surface area contributed by atoms with Crippen molar-refractivity contribution >= 4 is 23.4 Å². The van der Waals surface area contributed by atoms with Crippen LogP contribution >= 0.6 is 23.4 Å². The van der Waals surface area contributed by atoms with E-state index in [1.165, 1.54) is 19.3 Å². The number of rotatable bonds is 5. The summed E-state index contributed by atoms with van der Waals surface area (Å²) in [5.41, 5.74) is 0.662. The van der Waals surface area contributed by atoms with Crippen LogP contribution in [0, 0.1) is 5.82 Å². The van der Waals surface area contributed by atoms with Gasteiger partial charge in [0.15, 0.2) is 0 Å². The van der Waals surface area contributed by atoms with Gasteiger partial charge in [0.2, 0.25) is 0 Å². The van der Waals surface area contributed by atoms with Gasteiger partial charge < -0.3 is 5.32 Å². The first-order chi connectivity index (χ1) is 8.72. The molecule has 0 heterocycles. The largest absolute Gasteiger partial charge is 0.309 e. The third-order valence-electron chi connectivity index (χ3n) is 3.42. The van der Waals surface area contributed by atoms with Gasteiger partial charge in [-0.1, -0.05) is 37.1 Å². The molecule has 0 radical (unpaired) electrons. The summed E-state index contributed by atoms with van der Waals surface area (Å²) in [7, 11) is 0. The highest BCUT2D eigenvalue weighted by molar-refractivity contribution is 7.99. The normalized spacial score (nSPS) is 23.5. The second kappa shape index (κ2) is 6.78. The van der Waals surface area contributed by atoms with Crippen LogP contribution in [0.1, 0.15) is 31.7 Å². The maximum absolute atomic E-state index is 13.7. The molecule has 1 aromatic carbocycles. The monoisotopic (exact) mass is 287 g/mol. The van der Waals surface area contributed by atoms with Crippen LogP contribution in [0.25, 0.3) is 0 Å². The molecule has 18 heavy (non-hydrogen) atoms. The predicted molar refractivity (Wildman–Crippen MR) is 77.8 cm³/mol. The maximum Gasteiger partial charge on any atom is 0.146 e. The molecule has 2 atom stereocenters. The molecule has 1 aromatic rings. The molecule has 1 fully saturated rings. The van der Waals surface area contributed by atoms with Gasteiger partial charge in [-0.3, -0.25) is 0 Å². The number of hydrogen-bond acceptors (Lipinski definition) is 2. The number of halogens is 2. The lowest BCUT2D eigenvalue weighted by molar-refractivity contribution is 0.515. The fourth-order valence-corrected chi connectivity index (χ4v) is 3.92. The van der Waals surface area contributed by atoms with E-state index in [4.69, 9.17) is 11.6 Å². The first-order valence-corrected chi connectivity index (χ1v) is 7.93. The Morgan fingerprint density at radius 2 is 2.28 bits per heavy atom. The van der Waals surface area contributed by atoms with E-state index in [-0.39, 0.29) is 10.8 Å². The molecule has 0 bridgehead atoms. The van der Waals surface area contributed by atoms with Gasteiger partial charge in [0.1, 0.15) is 5.82 Å². The maximum atomic E-state index is 13.7. The second-order valence-electron chi connectivity index (χ2n) is 4.63. The van der Waals surface area contributed by atoms with Crippen LogP contribution in [-0.2, 0) is 6.54 Å². The molecule has 0 aliphatic heterocycles. The average molecular weight is 288 g/mol. The highest BCUT2D eigenvalue weighted by Gasteiger charge is 2.26. The molecule has 0 aromatic heterocycles. The minimum absolute atomic E-state index is 0.209. The molecule has 1 N–H and O–H groups in total. The Hall–Kier alpha value is -0.250. The molecule has 4 heteroatoms. The van der Waals surface area contributed by atoms with Crippen LogP contribution in [0.15, 0.2) is 18.2 Å². The minimum Gasteiger partial charge on any atom is -0.309 e. The number of nitrogens with one attached hydrogen (secondary N) is 1. The first kappa shape index (κ1) is 14.2. The van der Waals surface area contributed by atoms with Crippen LogP contribution in [-0.4, -0.2) is 17.0 Å². The van der Waals surface area contributed by atoms with E-state index < -0.39 is 0 Å². The zero-order valence-electron chi connectivity index (χ0n) is 10.6. The lowest BCUT2D eigenvalue weighted by atomic mass is 10.2. The Bertz CT molecular complexity index is 399. The van der Waals surface area contributed by atoms with Gasteiger partial charge in [-0.2, -0.15) is 11.8 Å². The Kier molecular flexibility index (Phi) is 5.34. The molecule has 2 rings (SSSR count). The first-order valence-electron chi connectivity index (χ1n) is 6.50. The van der Waals surface area contributed by atoms with E-state index >= 15 is 0 Å². The van der Waals surface area contributed by atoms with Crippen molar-refractivity contribution in [2.45, 2.75) is 44.0 Å². The fourth-order valence-electron chi connectivity index (χ4n) is 2.50. The van der Waals surface area contributed by atoms with Crippen molar-refractivity contribution < 1.29 is 4.39 Å². The van der Waals surface area contributed by atoms with E-state index in [1.807, 2.05) is 11.8 Å². The molecule has 1 nitrogen and oxygen atoms in total. The lowest BCUT2D eigenvalue weighted by Gasteiger charge is -2.20. The van der Waals surface area contributed by atoms with Crippen LogP contribution < -0.4 is 5.32 Å². The molecular formula is C14H19ClFNS. The fraction of sp³-hybridized carbons (Fsp3) is 0.571. The topological polar surface area (TPSA) is 12.0 Å². The summed E-state index contributed by atoms with van der Waals surface area (Å²) >= 11 is 7.79. The van der Waals surface area contributed by atoms with Gasteiger partial charge in [0, 0.05) is 23.4 Å². The zero-order chi connectivity index (χ0) is 13.0. The molecule has 1 aliphatic rings. The number of benzene rings is 1. The van der Waals surface area contributed by atoms with Gasteiger partial charge >= 0.3 is 0 Å². The summed E-state index contributed by atoms with van der Waals surface area (Å²) in [5.74, 6) is 0.860. The van der Waals surface area contributed by atoms with Crippen LogP contribution in [0.4, 0.5) is 4.39 Å². The van der Waals surface area contributed by atoms with E-state index in [0.29, 0.717) is 23.4 Å². The van der Waals surface area contributed by atoms with Crippen LogP contribution in [0.3, 0.4) is 0 Å². The standard InChI is InChI=1S/C14H19ClFNS/c1-2-18-13-8-4-7-12(13)17-9-10-5-3-6-11(15)14(10)16/h3,5-6,12-13,17H,2,4,7-9H2,1H3. The predicted octanol–water partition coefficient (Wildman–Crippen LogP) is 4.24. The molecular weight excluding hydrogens is 269 g/mol. The van der Waals surface area contributed by atoms with Crippen LogP contribution in [0.5, 0.6) is 0 Å².